The number of hydrogen-bond acceptors (Lipinski definition) is 6. The molecule has 1 atom stereocenters. The fraction of sp³-hybridized carbons (Fsp3) is 0.500. The van der Waals surface area contributed by atoms with E-state index in [9.17, 15) is 9.59 Å². The van der Waals surface area contributed by atoms with Crippen molar-refractivity contribution in [1.82, 2.24) is 15.3 Å². The lowest BCUT2D eigenvalue weighted by molar-refractivity contribution is -0.126. The van der Waals surface area contributed by atoms with Crippen molar-refractivity contribution in [2.45, 2.75) is 40.0 Å². The zero-order valence-electron chi connectivity index (χ0n) is 19.1. The second-order valence-electron chi connectivity index (χ2n) is 8.62. The molecule has 0 spiro atoms. The summed E-state index contributed by atoms with van der Waals surface area (Å²) in [4.78, 5) is 37.9. The molecule has 2 saturated heterocycles. The van der Waals surface area contributed by atoms with E-state index in [2.05, 4.69) is 20.2 Å². The molecule has 1 unspecified atom stereocenters. The smallest absolute Gasteiger partial charge is 0.227 e. The van der Waals surface area contributed by atoms with Crippen LogP contribution < -0.4 is 19.9 Å². The summed E-state index contributed by atoms with van der Waals surface area (Å²) in [7, 11) is 0. The van der Waals surface area contributed by atoms with Crippen LogP contribution in [0.4, 0.5) is 11.5 Å². The average Bonchev–Trinajstić information content (AvgIpc) is 3.43. The fourth-order valence-corrected chi connectivity index (χ4v) is 4.21. The molecule has 1 N–H and O–H groups in total. The van der Waals surface area contributed by atoms with Gasteiger partial charge in [0.2, 0.25) is 17.7 Å². The number of aryl methyl sites for hydroxylation is 3. The van der Waals surface area contributed by atoms with Crippen molar-refractivity contribution >= 4 is 23.3 Å². The molecular formula is C24H31N5O3. The molecule has 0 saturated carbocycles. The number of carbonyl (C=O) groups excluding carboxylic acids is 2. The van der Waals surface area contributed by atoms with Crippen LogP contribution in [0.3, 0.4) is 0 Å². The largest absolute Gasteiger partial charge is 0.476 e. The highest BCUT2D eigenvalue weighted by Crippen LogP contribution is 2.27. The second-order valence-corrected chi connectivity index (χ2v) is 8.62. The average molecular weight is 438 g/mol. The molecule has 8 heteroatoms. The molecule has 2 fully saturated rings. The van der Waals surface area contributed by atoms with Crippen molar-refractivity contribution in [3.8, 4) is 5.88 Å². The van der Waals surface area contributed by atoms with E-state index in [0.717, 1.165) is 30.2 Å². The van der Waals surface area contributed by atoms with E-state index in [-0.39, 0.29) is 24.2 Å². The molecule has 1 aromatic heterocycles. The van der Waals surface area contributed by atoms with Gasteiger partial charge in [-0.25, -0.2) is 4.98 Å². The first kappa shape index (κ1) is 22.0. The molecule has 0 radical (unpaired) electrons. The predicted octanol–water partition coefficient (Wildman–Crippen LogP) is 2.55. The Balaban J connectivity index is 1.26. The van der Waals surface area contributed by atoms with Gasteiger partial charge in [0.1, 0.15) is 18.2 Å². The Labute approximate surface area is 189 Å². The Morgan fingerprint density at radius 2 is 1.91 bits per heavy atom. The minimum absolute atomic E-state index is 0.0180. The maximum absolute atomic E-state index is 12.6. The monoisotopic (exact) mass is 437 g/mol. The summed E-state index contributed by atoms with van der Waals surface area (Å²) in [6.45, 7) is 9.00. The molecule has 0 aliphatic carbocycles. The number of anilines is 2. The molecule has 32 heavy (non-hydrogen) atoms. The van der Waals surface area contributed by atoms with Crippen LogP contribution in [0, 0.1) is 26.7 Å². The van der Waals surface area contributed by atoms with Crippen LogP contribution >= 0.6 is 0 Å². The van der Waals surface area contributed by atoms with Gasteiger partial charge in [-0.3, -0.25) is 9.59 Å². The van der Waals surface area contributed by atoms with Crippen LogP contribution in [0.25, 0.3) is 0 Å². The Kier molecular flexibility index (Phi) is 6.58. The third-order valence-corrected chi connectivity index (χ3v) is 6.18. The van der Waals surface area contributed by atoms with Gasteiger partial charge in [-0.2, -0.15) is 4.98 Å². The van der Waals surface area contributed by atoms with Gasteiger partial charge in [0.25, 0.3) is 0 Å². The van der Waals surface area contributed by atoms with Gasteiger partial charge in [-0.1, -0.05) is 6.07 Å². The Morgan fingerprint density at radius 3 is 2.66 bits per heavy atom. The van der Waals surface area contributed by atoms with Gasteiger partial charge in [-0.05, 0) is 56.9 Å². The minimum Gasteiger partial charge on any atom is -0.476 e. The first-order valence-electron chi connectivity index (χ1n) is 11.3. The Morgan fingerprint density at radius 1 is 1.12 bits per heavy atom. The third-order valence-electron chi connectivity index (χ3n) is 6.18. The van der Waals surface area contributed by atoms with Crippen molar-refractivity contribution in [2.24, 2.45) is 5.92 Å². The van der Waals surface area contributed by atoms with Crippen molar-refractivity contribution < 1.29 is 14.3 Å². The predicted molar refractivity (Wildman–Crippen MR) is 123 cm³/mol. The van der Waals surface area contributed by atoms with Crippen molar-refractivity contribution in [3.63, 3.8) is 0 Å². The van der Waals surface area contributed by atoms with Gasteiger partial charge in [0, 0.05) is 37.8 Å². The molecule has 8 nitrogen and oxygen atoms in total. The number of amides is 2. The normalized spacial score (nSPS) is 18.3. The summed E-state index contributed by atoms with van der Waals surface area (Å²) in [6.07, 6.45) is 2.58. The SMILES string of the molecule is Cc1nc(OCCNC(=O)C2CC(=O)N(c3ccc(C)c(C)c3)C2)cc(N2CCCC2)n1. The molecule has 2 aliphatic heterocycles. The summed E-state index contributed by atoms with van der Waals surface area (Å²) < 4.78 is 5.77. The van der Waals surface area contributed by atoms with E-state index in [1.807, 2.05) is 45.0 Å². The summed E-state index contributed by atoms with van der Waals surface area (Å²) in [5, 5.41) is 2.90. The molecule has 1 aromatic carbocycles. The maximum Gasteiger partial charge on any atom is 0.227 e. The number of nitrogens with zero attached hydrogens (tertiary/aromatic N) is 4. The van der Waals surface area contributed by atoms with E-state index in [4.69, 9.17) is 4.74 Å². The molecule has 0 bridgehead atoms. The quantitative estimate of drug-likeness (QED) is 0.670. The van der Waals surface area contributed by atoms with Gasteiger partial charge in [0.15, 0.2) is 0 Å². The highest BCUT2D eigenvalue weighted by Gasteiger charge is 2.35. The second kappa shape index (κ2) is 9.54. The van der Waals surface area contributed by atoms with E-state index >= 15 is 0 Å². The minimum atomic E-state index is -0.354. The zero-order valence-corrected chi connectivity index (χ0v) is 19.1. The number of hydrogen-bond donors (Lipinski definition) is 1. The molecule has 2 aliphatic rings. The Bertz CT molecular complexity index is 1000. The number of benzene rings is 1. The number of aromatic nitrogens is 2. The third kappa shape index (κ3) is 5.00. The first-order valence-corrected chi connectivity index (χ1v) is 11.3. The topological polar surface area (TPSA) is 87.7 Å². The lowest BCUT2D eigenvalue weighted by Gasteiger charge is -2.18. The van der Waals surface area contributed by atoms with Crippen LogP contribution in [-0.4, -0.2) is 54.6 Å². The summed E-state index contributed by atoms with van der Waals surface area (Å²) in [6, 6.07) is 7.81. The molecule has 4 rings (SSSR count). The lowest BCUT2D eigenvalue weighted by Crippen LogP contribution is -2.35. The van der Waals surface area contributed by atoms with E-state index in [1.165, 1.54) is 18.4 Å². The number of rotatable bonds is 7. The fourth-order valence-electron chi connectivity index (χ4n) is 4.21. The maximum atomic E-state index is 12.6. The van der Waals surface area contributed by atoms with Crippen LogP contribution in [0.1, 0.15) is 36.2 Å². The van der Waals surface area contributed by atoms with Crippen molar-refractivity contribution in [3.05, 3.63) is 41.2 Å². The Hall–Kier alpha value is -3.16. The van der Waals surface area contributed by atoms with Gasteiger partial charge in [0.05, 0.1) is 12.5 Å². The highest BCUT2D eigenvalue weighted by atomic mass is 16.5. The van der Waals surface area contributed by atoms with Crippen LogP contribution in [0.5, 0.6) is 5.88 Å². The van der Waals surface area contributed by atoms with Crippen molar-refractivity contribution in [2.75, 3.05) is 42.6 Å². The van der Waals surface area contributed by atoms with Crippen LogP contribution in [0.15, 0.2) is 24.3 Å². The van der Waals surface area contributed by atoms with Gasteiger partial charge < -0.3 is 19.9 Å². The molecule has 2 amide bonds. The van der Waals surface area contributed by atoms with E-state index in [0.29, 0.717) is 31.4 Å². The number of ether oxygens (including phenoxy) is 1. The van der Waals surface area contributed by atoms with E-state index < -0.39 is 0 Å². The standard InChI is InChI=1S/C24H31N5O3/c1-16-6-7-20(12-17(16)2)29-15-19(13-23(29)30)24(31)25-8-11-32-22-14-21(26-18(3)27-22)28-9-4-5-10-28/h6-7,12,14,19H,4-5,8-11,13,15H2,1-3H3,(H,25,31). The number of carbonyl (C=O) groups is 2. The van der Waals surface area contributed by atoms with Crippen molar-refractivity contribution in [1.29, 1.82) is 0 Å². The molecule has 170 valence electrons. The van der Waals surface area contributed by atoms with Crippen LogP contribution in [0.2, 0.25) is 0 Å². The molecule has 3 heterocycles. The zero-order chi connectivity index (χ0) is 22.7. The number of nitrogens with one attached hydrogen (secondary N) is 1. The summed E-state index contributed by atoms with van der Waals surface area (Å²) >= 11 is 0. The first-order chi connectivity index (χ1) is 15.4. The molecule has 2 aromatic rings. The highest BCUT2D eigenvalue weighted by molar-refractivity contribution is 6.00. The summed E-state index contributed by atoms with van der Waals surface area (Å²) in [5.74, 6) is 1.59. The lowest BCUT2D eigenvalue weighted by atomic mass is 10.1. The molecular weight excluding hydrogens is 406 g/mol. The van der Waals surface area contributed by atoms with Gasteiger partial charge >= 0.3 is 0 Å². The van der Waals surface area contributed by atoms with Crippen LogP contribution in [-0.2, 0) is 9.59 Å². The van der Waals surface area contributed by atoms with Gasteiger partial charge in [-0.15, -0.1) is 0 Å². The van der Waals surface area contributed by atoms with E-state index in [1.54, 1.807) is 4.90 Å². The summed E-state index contributed by atoms with van der Waals surface area (Å²) in [5.41, 5.74) is 3.17.